The van der Waals surface area contributed by atoms with E-state index < -0.39 is 5.82 Å². The number of benzene rings is 2. The zero-order valence-corrected chi connectivity index (χ0v) is 11.4. The number of halogens is 3. The van der Waals surface area contributed by atoms with E-state index in [2.05, 4.69) is 27.3 Å². The van der Waals surface area contributed by atoms with Crippen LogP contribution in [0.1, 0.15) is 5.56 Å². The number of rotatable bonds is 2. The molecule has 0 saturated heterocycles. The van der Waals surface area contributed by atoms with Crippen LogP contribution in [0.4, 0.5) is 15.8 Å². The minimum Gasteiger partial charge on any atom is -0.354 e. The lowest BCUT2D eigenvalue weighted by Gasteiger charge is -2.09. The second kappa shape index (κ2) is 5.38. The van der Waals surface area contributed by atoms with Crippen LogP contribution in [-0.2, 0) is 0 Å². The molecule has 2 rings (SSSR count). The lowest BCUT2D eigenvalue weighted by molar-refractivity contribution is 0.628. The number of anilines is 2. The molecule has 0 unspecified atom stereocenters. The molecule has 18 heavy (non-hydrogen) atoms. The molecule has 2 aromatic carbocycles. The SMILES string of the molecule is N#Cc1cc(Br)ccc1Nc1ccc(F)c(Cl)c1. The standard InChI is InChI=1S/C13H7BrClFN2/c14-9-1-4-13(8(5-9)7-17)18-10-2-3-12(16)11(15)6-10/h1-6,18H. The molecule has 0 fully saturated rings. The quantitative estimate of drug-likeness (QED) is 0.856. The molecule has 0 aromatic heterocycles. The molecular formula is C13H7BrClFN2. The van der Waals surface area contributed by atoms with E-state index in [1.54, 1.807) is 18.2 Å². The zero-order chi connectivity index (χ0) is 13.1. The van der Waals surface area contributed by atoms with Gasteiger partial charge in [0.15, 0.2) is 0 Å². The monoisotopic (exact) mass is 324 g/mol. The average Bonchev–Trinajstić information content (AvgIpc) is 2.36. The van der Waals surface area contributed by atoms with Crippen molar-refractivity contribution < 1.29 is 4.39 Å². The lowest BCUT2D eigenvalue weighted by Crippen LogP contribution is -1.94. The summed E-state index contributed by atoms with van der Waals surface area (Å²) in [6.45, 7) is 0. The van der Waals surface area contributed by atoms with E-state index in [1.807, 2.05) is 6.07 Å². The van der Waals surface area contributed by atoms with Gasteiger partial charge in [0, 0.05) is 10.2 Å². The van der Waals surface area contributed by atoms with Gasteiger partial charge in [-0.15, -0.1) is 0 Å². The first-order valence-corrected chi connectivity index (χ1v) is 6.19. The largest absolute Gasteiger partial charge is 0.354 e. The van der Waals surface area contributed by atoms with E-state index in [-0.39, 0.29) is 5.02 Å². The summed E-state index contributed by atoms with van der Waals surface area (Å²) in [4.78, 5) is 0. The Bertz CT molecular complexity index is 637. The summed E-state index contributed by atoms with van der Waals surface area (Å²) >= 11 is 8.99. The molecule has 0 aliphatic rings. The summed E-state index contributed by atoms with van der Waals surface area (Å²) in [5, 5.41) is 12.1. The molecule has 0 saturated carbocycles. The Morgan fingerprint density at radius 1 is 1.22 bits per heavy atom. The van der Waals surface area contributed by atoms with E-state index >= 15 is 0 Å². The highest BCUT2D eigenvalue weighted by Gasteiger charge is 2.05. The fourth-order valence-electron chi connectivity index (χ4n) is 1.45. The maximum atomic E-state index is 13.0. The molecule has 2 nitrogen and oxygen atoms in total. The summed E-state index contributed by atoms with van der Waals surface area (Å²) in [6.07, 6.45) is 0. The molecule has 0 amide bonds. The van der Waals surface area contributed by atoms with Crippen molar-refractivity contribution in [1.82, 2.24) is 0 Å². The highest BCUT2D eigenvalue weighted by atomic mass is 79.9. The summed E-state index contributed by atoms with van der Waals surface area (Å²) in [6, 6.07) is 11.7. The van der Waals surface area contributed by atoms with E-state index in [1.165, 1.54) is 12.1 Å². The molecule has 0 spiro atoms. The fraction of sp³-hybridized carbons (Fsp3) is 0. The smallest absolute Gasteiger partial charge is 0.141 e. The molecule has 0 aliphatic heterocycles. The molecule has 0 heterocycles. The van der Waals surface area contributed by atoms with Crippen molar-refractivity contribution in [2.45, 2.75) is 0 Å². The number of nitriles is 1. The van der Waals surface area contributed by atoms with Gasteiger partial charge in [-0.25, -0.2) is 4.39 Å². The molecule has 0 atom stereocenters. The Morgan fingerprint density at radius 3 is 2.67 bits per heavy atom. The normalized spacial score (nSPS) is 9.89. The molecule has 0 bridgehead atoms. The predicted molar refractivity (Wildman–Crippen MR) is 73.5 cm³/mol. The van der Waals surface area contributed by atoms with E-state index in [0.29, 0.717) is 16.9 Å². The van der Waals surface area contributed by atoms with Crippen LogP contribution in [0, 0.1) is 17.1 Å². The van der Waals surface area contributed by atoms with Crippen molar-refractivity contribution in [2.24, 2.45) is 0 Å². The Morgan fingerprint density at radius 2 is 2.00 bits per heavy atom. The summed E-state index contributed by atoms with van der Waals surface area (Å²) in [7, 11) is 0. The third-order valence-corrected chi connectivity index (χ3v) is 3.08. The van der Waals surface area contributed by atoms with Crippen LogP contribution >= 0.6 is 27.5 Å². The summed E-state index contributed by atoms with van der Waals surface area (Å²) in [5.74, 6) is -0.474. The van der Waals surface area contributed by atoms with Gasteiger partial charge in [0.25, 0.3) is 0 Å². The van der Waals surface area contributed by atoms with Crippen molar-refractivity contribution in [1.29, 1.82) is 5.26 Å². The number of nitrogens with zero attached hydrogens (tertiary/aromatic N) is 1. The summed E-state index contributed by atoms with van der Waals surface area (Å²) in [5.41, 5.74) is 1.76. The van der Waals surface area contributed by atoms with Gasteiger partial charge < -0.3 is 5.32 Å². The Balaban J connectivity index is 2.34. The van der Waals surface area contributed by atoms with Gasteiger partial charge in [-0.2, -0.15) is 5.26 Å². The third-order valence-electron chi connectivity index (χ3n) is 2.30. The van der Waals surface area contributed by atoms with E-state index in [9.17, 15) is 4.39 Å². The number of nitrogens with one attached hydrogen (secondary N) is 1. The minimum atomic E-state index is -0.474. The van der Waals surface area contributed by atoms with Crippen molar-refractivity contribution in [3.63, 3.8) is 0 Å². The summed E-state index contributed by atoms with van der Waals surface area (Å²) < 4.78 is 13.8. The number of hydrogen-bond acceptors (Lipinski definition) is 2. The number of hydrogen-bond donors (Lipinski definition) is 1. The van der Waals surface area contributed by atoms with Crippen molar-refractivity contribution in [3.05, 3.63) is 57.3 Å². The highest BCUT2D eigenvalue weighted by Crippen LogP contribution is 2.26. The first kappa shape index (κ1) is 12.9. The maximum absolute atomic E-state index is 13.0. The van der Waals surface area contributed by atoms with Crippen LogP contribution in [-0.4, -0.2) is 0 Å². The Labute approximate surface area is 117 Å². The molecule has 5 heteroatoms. The van der Waals surface area contributed by atoms with Crippen LogP contribution in [0.25, 0.3) is 0 Å². The van der Waals surface area contributed by atoms with Crippen molar-refractivity contribution >= 4 is 38.9 Å². The first-order chi connectivity index (χ1) is 8.60. The van der Waals surface area contributed by atoms with Gasteiger partial charge in [-0.3, -0.25) is 0 Å². The Hall–Kier alpha value is -1.57. The average molecular weight is 326 g/mol. The van der Waals surface area contributed by atoms with Gasteiger partial charge >= 0.3 is 0 Å². The van der Waals surface area contributed by atoms with Crippen molar-refractivity contribution in [3.8, 4) is 6.07 Å². The molecule has 0 aliphatic carbocycles. The van der Waals surface area contributed by atoms with Gasteiger partial charge in [0.05, 0.1) is 16.3 Å². The lowest BCUT2D eigenvalue weighted by atomic mass is 10.2. The van der Waals surface area contributed by atoms with Gasteiger partial charge in [0.1, 0.15) is 11.9 Å². The molecular weight excluding hydrogens is 319 g/mol. The highest BCUT2D eigenvalue weighted by molar-refractivity contribution is 9.10. The first-order valence-electron chi connectivity index (χ1n) is 5.02. The van der Waals surface area contributed by atoms with Gasteiger partial charge in [0.2, 0.25) is 0 Å². The predicted octanol–water partition coefficient (Wildman–Crippen LogP) is 4.86. The van der Waals surface area contributed by atoms with Crippen LogP contribution in [0.3, 0.4) is 0 Å². The minimum absolute atomic E-state index is 0.0376. The van der Waals surface area contributed by atoms with Crippen LogP contribution < -0.4 is 5.32 Å². The second-order valence-corrected chi connectivity index (χ2v) is 4.88. The van der Waals surface area contributed by atoms with Gasteiger partial charge in [-0.1, -0.05) is 27.5 Å². The molecule has 90 valence electrons. The fourth-order valence-corrected chi connectivity index (χ4v) is 1.99. The molecule has 1 N–H and O–H groups in total. The third kappa shape index (κ3) is 2.81. The zero-order valence-electron chi connectivity index (χ0n) is 9.05. The maximum Gasteiger partial charge on any atom is 0.141 e. The second-order valence-electron chi connectivity index (χ2n) is 3.56. The molecule has 0 radical (unpaired) electrons. The van der Waals surface area contributed by atoms with E-state index in [4.69, 9.17) is 16.9 Å². The van der Waals surface area contributed by atoms with E-state index in [0.717, 1.165) is 4.47 Å². The molecule has 2 aromatic rings. The van der Waals surface area contributed by atoms with Crippen molar-refractivity contribution in [2.75, 3.05) is 5.32 Å². The van der Waals surface area contributed by atoms with Crippen LogP contribution in [0.5, 0.6) is 0 Å². The van der Waals surface area contributed by atoms with Gasteiger partial charge in [-0.05, 0) is 36.4 Å². The topological polar surface area (TPSA) is 35.8 Å². The van der Waals surface area contributed by atoms with Crippen LogP contribution in [0.15, 0.2) is 40.9 Å². The van der Waals surface area contributed by atoms with Crippen LogP contribution in [0.2, 0.25) is 5.02 Å². The Kier molecular flexibility index (Phi) is 3.85.